The van der Waals surface area contributed by atoms with Crippen LogP contribution in [0.4, 0.5) is 0 Å². The Balaban J connectivity index is 0.00000162. The number of imidazole rings is 1. The third kappa shape index (κ3) is 5.38. The van der Waals surface area contributed by atoms with E-state index < -0.39 is 0 Å². The van der Waals surface area contributed by atoms with Crippen LogP contribution in [0, 0.1) is 6.92 Å². The summed E-state index contributed by atoms with van der Waals surface area (Å²) in [5.74, 6) is 1.11. The first-order chi connectivity index (χ1) is 8.27. The van der Waals surface area contributed by atoms with Gasteiger partial charge in [-0.05, 0) is 26.3 Å². The molecule has 1 aliphatic rings. The SMILES string of the molecule is Cc1nccn1CCNC(=O)[C@H]1CCCCN1.Cl.Cl. The number of rotatable bonds is 4. The number of hydrogen-bond acceptors (Lipinski definition) is 3. The molecule has 7 heteroatoms. The van der Waals surface area contributed by atoms with E-state index in [9.17, 15) is 4.79 Å². The summed E-state index contributed by atoms with van der Waals surface area (Å²) >= 11 is 0. The Labute approximate surface area is 126 Å². The number of piperidine rings is 1. The number of amides is 1. The molecule has 0 spiro atoms. The van der Waals surface area contributed by atoms with Gasteiger partial charge in [0.25, 0.3) is 0 Å². The van der Waals surface area contributed by atoms with Gasteiger partial charge in [0.15, 0.2) is 0 Å². The molecule has 19 heavy (non-hydrogen) atoms. The summed E-state index contributed by atoms with van der Waals surface area (Å²) in [6.45, 7) is 4.36. The molecular formula is C12H22Cl2N4O. The lowest BCUT2D eigenvalue weighted by Crippen LogP contribution is -2.47. The highest BCUT2D eigenvalue weighted by atomic mass is 35.5. The first kappa shape index (κ1) is 18.2. The van der Waals surface area contributed by atoms with Gasteiger partial charge in [0, 0.05) is 25.5 Å². The standard InChI is InChI=1S/C12H20N4O.2ClH/c1-10-13-6-8-16(10)9-7-15-12(17)11-4-2-3-5-14-11;;/h6,8,11,14H,2-5,7,9H2,1H3,(H,15,17);2*1H/t11-;;/m1../s1. The van der Waals surface area contributed by atoms with Gasteiger partial charge in [-0.15, -0.1) is 24.8 Å². The smallest absolute Gasteiger partial charge is 0.237 e. The predicted octanol–water partition coefficient (Wildman–Crippen LogP) is 1.29. The van der Waals surface area contributed by atoms with Gasteiger partial charge >= 0.3 is 0 Å². The van der Waals surface area contributed by atoms with Crippen molar-refractivity contribution in [1.29, 1.82) is 0 Å². The molecule has 110 valence electrons. The van der Waals surface area contributed by atoms with Crippen molar-refractivity contribution < 1.29 is 4.79 Å². The summed E-state index contributed by atoms with van der Waals surface area (Å²) < 4.78 is 2.04. The Kier molecular flexibility index (Phi) is 8.80. The lowest BCUT2D eigenvalue weighted by molar-refractivity contribution is -0.123. The maximum Gasteiger partial charge on any atom is 0.237 e. The fourth-order valence-corrected chi connectivity index (χ4v) is 2.14. The molecule has 5 nitrogen and oxygen atoms in total. The van der Waals surface area contributed by atoms with E-state index >= 15 is 0 Å². The molecular weight excluding hydrogens is 287 g/mol. The van der Waals surface area contributed by atoms with E-state index in [4.69, 9.17) is 0 Å². The molecule has 1 fully saturated rings. The van der Waals surface area contributed by atoms with Crippen molar-refractivity contribution in [3.05, 3.63) is 18.2 Å². The highest BCUT2D eigenvalue weighted by Gasteiger charge is 2.19. The minimum absolute atomic E-state index is 0. The van der Waals surface area contributed by atoms with Crippen LogP contribution in [0.3, 0.4) is 0 Å². The van der Waals surface area contributed by atoms with Gasteiger partial charge in [0.05, 0.1) is 6.04 Å². The number of nitrogens with zero attached hydrogens (tertiary/aromatic N) is 2. The van der Waals surface area contributed by atoms with E-state index in [0.29, 0.717) is 6.54 Å². The second-order valence-electron chi connectivity index (χ2n) is 4.46. The van der Waals surface area contributed by atoms with Gasteiger partial charge in [-0.25, -0.2) is 4.98 Å². The van der Waals surface area contributed by atoms with Crippen LogP contribution >= 0.6 is 24.8 Å². The summed E-state index contributed by atoms with van der Waals surface area (Å²) in [5, 5.41) is 6.21. The van der Waals surface area contributed by atoms with E-state index in [2.05, 4.69) is 15.6 Å². The molecule has 0 unspecified atom stereocenters. The normalized spacial score (nSPS) is 18.1. The number of carbonyl (C=O) groups is 1. The number of halogens is 2. The molecule has 2 rings (SSSR count). The lowest BCUT2D eigenvalue weighted by Gasteiger charge is -2.22. The molecule has 0 bridgehead atoms. The molecule has 1 atom stereocenters. The van der Waals surface area contributed by atoms with Crippen molar-refractivity contribution in [2.45, 2.75) is 38.8 Å². The van der Waals surface area contributed by atoms with E-state index in [1.54, 1.807) is 6.20 Å². The fourth-order valence-electron chi connectivity index (χ4n) is 2.14. The van der Waals surface area contributed by atoms with Crippen molar-refractivity contribution >= 4 is 30.7 Å². The minimum Gasteiger partial charge on any atom is -0.353 e. The Morgan fingerprint density at radius 3 is 2.89 bits per heavy atom. The van der Waals surface area contributed by atoms with Crippen LogP contribution in [0.25, 0.3) is 0 Å². The number of aromatic nitrogens is 2. The first-order valence-electron chi connectivity index (χ1n) is 6.26. The molecule has 0 aliphatic carbocycles. The fraction of sp³-hybridized carbons (Fsp3) is 0.667. The number of aryl methyl sites for hydroxylation is 1. The summed E-state index contributed by atoms with van der Waals surface area (Å²) in [6.07, 6.45) is 6.99. The van der Waals surface area contributed by atoms with Crippen molar-refractivity contribution in [1.82, 2.24) is 20.2 Å². The zero-order chi connectivity index (χ0) is 12.1. The zero-order valence-electron chi connectivity index (χ0n) is 11.1. The van der Waals surface area contributed by atoms with Crippen LogP contribution < -0.4 is 10.6 Å². The van der Waals surface area contributed by atoms with Crippen LogP contribution in [-0.2, 0) is 11.3 Å². The molecule has 1 amide bonds. The van der Waals surface area contributed by atoms with Crippen molar-refractivity contribution in [3.8, 4) is 0 Å². The summed E-state index contributed by atoms with van der Waals surface area (Å²) in [4.78, 5) is 16.0. The summed E-state index contributed by atoms with van der Waals surface area (Å²) in [6, 6.07) is 0.00707. The Morgan fingerprint density at radius 1 is 1.53 bits per heavy atom. The topological polar surface area (TPSA) is 59.0 Å². The molecule has 0 radical (unpaired) electrons. The Bertz CT molecular complexity index is 378. The van der Waals surface area contributed by atoms with Crippen LogP contribution in [0.15, 0.2) is 12.4 Å². The number of carbonyl (C=O) groups excluding carboxylic acids is 1. The first-order valence-corrected chi connectivity index (χ1v) is 6.26. The van der Waals surface area contributed by atoms with Gasteiger partial charge < -0.3 is 15.2 Å². The number of hydrogen-bond donors (Lipinski definition) is 2. The van der Waals surface area contributed by atoms with Gasteiger partial charge in [0.1, 0.15) is 5.82 Å². The lowest BCUT2D eigenvalue weighted by atomic mass is 10.0. The second kappa shape index (κ2) is 9.18. The minimum atomic E-state index is 0. The van der Waals surface area contributed by atoms with Crippen molar-refractivity contribution in [2.24, 2.45) is 0 Å². The molecule has 1 aromatic heterocycles. The highest BCUT2D eigenvalue weighted by molar-refractivity contribution is 5.85. The van der Waals surface area contributed by atoms with Crippen molar-refractivity contribution in [2.75, 3.05) is 13.1 Å². The Hall–Kier alpha value is -0.780. The van der Waals surface area contributed by atoms with Crippen molar-refractivity contribution in [3.63, 3.8) is 0 Å². The molecule has 1 aromatic rings. The largest absolute Gasteiger partial charge is 0.353 e. The van der Waals surface area contributed by atoms with E-state index in [1.807, 2.05) is 17.7 Å². The summed E-state index contributed by atoms with van der Waals surface area (Å²) in [5.41, 5.74) is 0. The average molecular weight is 309 g/mol. The Morgan fingerprint density at radius 2 is 2.32 bits per heavy atom. The van der Waals surface area contributed by atoms with Crippen LogP contribution in [0.1, 0.15) is 25.1 Å². The quantitative estimate of drug-likeness (QED) is 0.881. The summed E-state index contributed by atoms with van der Waals surface area (Å²) in [7, 11) is 0. The highest BCUT2D eigenvalue weighted by Crippen LogP contribution is 2.06. The van der Waals surface area contributed by atoms with Gasteiger partial charge in [-0.1, -0.05) is 6.42 Å². The van der Waals surface area contributed by atoms with Crippen LogP contribution in [0.2, 0.25) is 0 Å². The van der Waals surface area contributed by atoms with Crippen LogP contribution in [-0.4, -0.2) is 34.6 Å². The third-order valence-electron chi connectivity index (χ3n) is 3.20. The molecule has 0 aromatic carbocycles. The van der Waals surface area contributed by atoms with E-state index in [-0.39, 0.29) is 36.8 Å². The van der Waals surface area contributed by atoms with E-state index in [0.717, 1.165) is 31.8 Å². The monoisotopic (exact) mass is 308 g/mol. The number of nitrogens with one attached hydrogen (secondary N) is 2. The van der Waals surface area contributed by atoms with Gasteiger partial charge in [-0.3, -0.25) is 4.79 Å². The molecule has 1 saturated heterocycles. The molecule has 2 N–H and O–H groups in total. The molecule has 0 saturated carbocycles. The second-order valence-corrected chi connectivity index (χ2v) is 4.46. The maximum absolute atomic E-state index is 11.8. The van der Waals surface area contributed by atoms with Gasteiger partial charge in [0.2, 0.25) is 5.91 Å². The predicted molar refractivity (Wildman–Crippen MR) is 80.1 cm³/mol. The van der Waals surface area contributed by atoms with Gasteiger partial charge in [-0.2, -0.15) is 0 Å². The zero-order valence-corrected chi connectivity index (χ0v) is 12.7. The van der Waals surface area contributed by atoms with Crippen LogP contribution in [0.5, 0.6) is 0 Å². The third-order valence-corrected chi connectivity index (χ3v) is 3.20. The molecule has 2 heterocycles. The maximum atomic E-state index is 11.8. The van der Waals surface area contributed by atoms with E-state index in [1.165, 1.54) is 6.42 Å². The molecule has 1 aliphatic heterocycles. The average Bonchev–Trinajstić information content (AvgIpc) is 2.76.